The van der Waals surface area contributed by atoms with E-state index in [9.17, 15) is 9.90 Å². The molecule has 0 saturated carbocycles. The predicted octanol–water partition coefficient (Wildman–Crippen LogP) is 8.65. The van der Waals surface area contributed by atoms with Crippen LogP contribution in [0, 0.1) is 13.8 Å². The van der Waals surface area contributed by atoms with Gasteiger partial charge in [-0.3, -0.25) is 9.69 Å². The topological polar surface area (TPSA) is 52.9 Å². The third-order valence-electron chi connectivity index (χ3n) is 4.94. The molecule has 1 heterocycles. The molecule has 4 nitrogen and oxygen atoms in total. The van der Waals surface area contributed by atoms with Crippen LogP contribution in [0.3, 0.4) is 0 Å². The largest absolute Gasteiger partial charge is 0.506 e. The van der Waals surface area contributed by atoms with Gasteiger partial charge in [0.1, 0.15) is 5.75 Å². The number of amidine groups is 1. The number of anilines is 1. The smallest absolute Gasteiger partial charge is 0.271 e. The summed E-state index contributed by atoms with van der Waals surface area (Å²) in [6.45, 7) is 3.82. The average Bonchev–Trinajstić information content (AvgIpc) is 3.05. The molecule has 0 spiro atoms. The lowest BCUT2D eigenvalue weighted by atomic mass is 10.2. The molecule has 0 radical (unpaired) electrons. The Morgan fingerprint density at radius 3 is 2.18 bits per heavy atom. The number of phenolic OH excluding ortho intramolecular Hbond substituents is 1. The fourth-order valence-corrected chi connectivity index (χ4v) is 5.65. The zero-order valence-electron chi connectivity index (χ0n) is 17.4. The third-order valence-corrected chi connectivity index (χ3v) is 7.93. The first-order valence-electron chi connectivity index (χ1n) is 9.67. The average molecular weight is 627 g/mol. The number of halogens is 4. The van der Waals surface area contributed by atoms with Gasteiger partial charge in [-0.25, -0.2) is 4.99 Å². The third kappa shape index (κ3) is 5.17. The van der Waals surface area contributed by atoms with Crippen LogP contribution in [-0.4, -0.2) is 16.2 Å². The highest BCUT2D eigenvalue weighted by atomic mass is 79.9. The number of hydrogen-bond donors (Lipinski definition) is 1. The van der Waals surface area contributed by atoms with Crippen LogP contribution in [0.1, 0.15) is 16.7 Å². The number of carbonyl (C=O) groups is 1. The molecule has 1 aliphatic heterocycles. The molecule has 1 fully saturated rings. The van der Waals surface area contributed by atoms with Crippen molar-refractivity contribution in [3.05, 3.63) is 89.1 Å². The minimum Gasteiger partial charge on any atom is -0.506 e. The highest BCUT2D eigenvalue weighted by molar-refractivity contribution is 9.11. The first kappa shape index (κ1) is 24.4. The number of aryl methyl sites for hydroxylation is 2. The number of aromatic hydroxyl groups is 1. The number of thioether (sulfide) groups is 1. The van der Waals surface area contributed by atoms with Crippen molar-refractivity contribution in [1.82, 2.24) is 0 Å². The Morgan fingerprint density at radius 1 is 0.970 bits per heavy atom. The molecule has 1 N–H and O–H groups in total. The number of phenols is 1. The minimum atomic E-state index is -0.225. The van der Waals surface area contributed by atoms with Gasteiger partial charge in [0, 0.05) is 10.0 Å². The summed E-state index contributed by atoms with van der Waals surface area (Å²) < 4.78 is 1.04. The standard InChI is InChI=1S/C24H16Br2Cl2N2O2S/c1-12-3-5-15(10-19(12)27)29-24-30(16-6-4-13(2)20(28)11-16)23(32)21(33-24)9-14-7-17(25)22(31)18(26)8-14/h3-11,31H,1-2H3/b21-9+,29-24?. The minimum absolute atomic E-state index is 0.0944. The van der Waals surface area contributed by atoms with Crippen LogP contribution in [0.4, 0.5) is 11.4 Å². The van der Waals surface area contributed by atoms with Gasteiger partial charge in [-0.1, -0.05) is 35.3 Å². The fraction of sp³-hybridized carbons (Fsp3) is 0.0833. The van der Waals surface area contributed by atoms with Crippen molar-refractivity contribution >= 4 is 95.3 Å². The van der Waals surface area contributed by atoms with E-state index in [0.717, 1.165) is 16.7 Å². The van der Waals surface area contributed by atoms with E-state index >= 15 is 0 Å². The van der Waals surface area contributed by atoms with E-state index < -0.39 is 0 Å². The Labute approximate surface area is 222 Å². The summed E-state index contributed by atoms with van der Waals surface area (Å²) in [5.41, 5.74) is 3.86. The Morgan fingerprint density at radius 2 is 1.58 bits per heavy atom. The highest BCUT2D eigenvalue weighted by Gasteiger charge is 2.35. The second-order valence-corrected chi connectivity index (χ2v) is 10.9. The van der Waals surface area contributed by atoms with E-state index in [1.54, 1.807) is 35.2 Å². The molecule has 0 atom stereocenters. The number of nitrogens with zero attached hydrogens (tertiary/aromatic N) is 2. The highest BCUT2D eigenvalue weighted by Crippen LogP contribution is 2.40. The molecular weight excluding hydrogens is 611 g/mol. The predicted molar refractivity (Wildman–Crippen MR) is 146 cm³/mol. The summed E-state index contributed by atoms with van der Waals surface area (Å²) in [5, 5.41) is 11.6. The lowest BCUT2D eigenvalue weighted by molar-refractivity contribution is -0.113. The van der Waals surface area contributed by atoms with Gasteiger partial charge >= 0.3 is 0 Å². The number of amides is 1. The molecule has 1 aliphatic rings. The van der Waals surface area contributed by atoms with Crippen LogP contribution in [0.25, 0.3) is 6.08 Å². The van der Waals surface area contributed by atoms with Crippen LogP contribution in [0.15, 0.2) is 67.4 Å². The molecule has 3 aromatic carbocycles. The van der Waals surface area contributed by atoms with Crippen LogP contribution in [0.2, 0.25) is 10.0 Å². The van der Waals surface area contributed by atoms with E-state index in [0.29, 0.717) is 40.4 Å². The van der Waals surface area contributed by atoms with Gasteiger partial charge in [-0.15, -0.1) is 0 Å². The fourth-order valence-electron chi connectivity index (χ4n) is 3.08. The molecule has 168 valence electrons. The lowest BCUT2D eigenvalue weighted by Crippen LogP contribution is -2.28. The molecule has 0 unspecified atom stereocenters. The van der Waals surface area contributed by atoms with E-state index in [4.69, 9.17) is 28.2 Å². The second kappa shape index (κ2) is 9.84. The van der Waals surface area contributed by atoms with Gasteiger partial charge < -0.3 is 5.11 Å². The van der Waals surface area contributed by atoms with E-state index in [1.165, 1.54) is 11.8 Å². The molecule has 3 aromatic rings. The maximum absolute atomic E-state index is 13.5. The van der Waals surface area contributed by atoms with E-state index in [2.05, 4.69) is 31.9 Å². The van der Waals surface area contributed by atoms with Crippen molar-refractivity contribution in [2.24, 2.45) is 4.99 Å². The molecule has 0 bridgehead atoms. The van der Waals surface area contributed by atoms with Crippen LogP contribution in [0.5, 0.6) is 5.75 Å². The van der Waals surface area contributed by atoms with Gasteiger partial charge in [0.25, 0.3) is 5.91 Å². The maximum atomic E-state index is 13.5. The summed E-state index contributed by atoms with van der Waals surface area (Å²) >= 11 is 20.6. The Hall–Kier alpha value is -1.77. The van der Waals surface area contributed by atoms with E-state index in [1.807, 2.05) is 38.1 Å². The summed E-state index contributed by atoms with van der Waals surface area (Å²) in [7, 11) is 0. The summed E-state index contributed by atoms with van der Waals surface area (Å²) in [4.78, 5) is 20.2. The molecular formula is C24H16Br2Cl2N2O2S. The SMILES string of the molecule is Cc1ccc(N=C2S/C(=C/c3cc(Br)c(O)c(Br)c3)C(=O)N2c2ccc(C)c(Cl)c2)cc1Cl. The zero-order valence-corrected chi connectivity index (χ0v) is 22.9. The first-order chi connectivity index (χ1) is 15.6. The summed E-state index contributed by atoms with van der Waals surface area (Å²) in [5.74, 6) is -0.130. The van der Waals surface area contributed by atoms with Gasteiger partial charge in [0.15, 0.2) is 5.17 Å². The first-order valence-corrected chi connectivity index (χ1v) is 12.8. The quantitative estimate of drug-likeness (QED) is 0.296. The Bertz CT molecular complexity index is 1340. The number of benzene rings is 3. The van der Waals surface area contributed by atoms with Crippen molar-refractivity contribution in [2.45, 2.75) is 13.8 Å². The van der Waals surface area contributed by atoms with Gasteiger partial charge in [0.2, 0.25) is 0 Å². The zero-order chi connectivity index (χ0) is 23.9. The monoisotopic (exact) mass is 624 g/mol. The van der Waals surface area contributed by atoms with Gasteiger partial charge in [0.05, 0.1) is 25.2 Å². The second-order valence-electron chi connectivity index (χ2n) is 7.35. The molecule has 0 aliphatic carbocycles. The number of carbonyl (C=O) groups excluding carboxylic acids is 1. The Kier molecular flexibility index (Phi) is 7.26. The van der Waals surface area contributed by atoms with Crippen molar-refractivity contribution in [1.29, 1.82) is 0 Å². The van der Waals surface area contributed by atoms with Crippen molar-refractivity contribution in [3.63, 3.8) is 0 Å². The number of hydrogen-bond acceptors (Lipinski definition) is 4. The van der Waals surface area contributed by atoms with Crippen molar-refractivity contribution < 1.29 is 9.90 Å². The molecule has 1 saturated heterocycles. The normalized spacial score (nSPS) is 16.3. The van der Waals surface area contributed by atoms with E-state index in [-0.39, 0.29) is 11.7 Å². The Balaban J connectivity index is 1.82. The number of aliphatic imine (C=N–C) groups is 1. The summed E-state index contributed by atoms with van der Waals surface area (Å²) in [6.07, 6.45) is 1.76. The van der Waals surface area contributed by atoms with Crippen LogP contribution in [-0.2, 0) is 4.79 Å². The molecule has 0 aromatic heterocycles. The maximum Gasteiger partial charge on any atom is 0.271 e. The number of rotatable bonds is 3. The lowest BCUT2D eigenvalue weighted by Gasteiger charge is -2.16. The van der Waals surface area contributed by atoms with Crippen LogP contribution >= 0.6 is 66.8 Å². The molecule has 4 rings (SSSR count). The summed E-state index contributed by atoms with van der Waals surface area (Å²) in [6, 6.07) is 14.5. The van der Waals surface area contributed by atoms with Gasteiger partial charge in [-0.05, 0) is 117 Å². The van der Waals surface area contributed by atoms with Gasteiger partial charge in [-0.2, -0.15) is 0 Å². The molecule has 1 amide bonds. The van der Waals surface area contributed by atoms with Crippen molar-refractivity contribution in [2.75, 3.05) is 4.90 Å². The molecule has 33 heavy (non-hydrogen) atoms. The van der Waals surface area contributed by atoms with Crippen LogP contribution < -0.4 is 4.90 Å². The molecule has 9 heteroatoms. The van der Waals surface area contributed by atoms with Crippen molar-refractivity contribution in [3.8, 4) is 5.75 Å².